The molecule has 0 saturated carbocycles. The van der Waals surface area contributed by atoms with E-state index in [0.29, 0.717) is 5.41 Å². The summed E-state index contributed by atoms with van der Waals surface area (Å²) in [5, 5.41) is 16.4. The molecule has 7 nitrogen and oxygen atoms in total. The smallest absolute Gasteiger partial charge is 0.475 e. The van der Waals surface area contributed by atoms with Crippen molar-refractivity contribution in [2.75, 3.05) is 26.2 Å². The number of pyridine rings is 1. The van der Waals surface area contributed by atoms with Gasteiger partial charge in [-0.1, -0.05) is 12.1 Å². The first kappa shape index (κ1) is 31.5. The van der Waals surface area contributed by atoms with Gasteiger partial charge < -0.3 is 10.2 Å². The van der Waals surface area contributed by atoms with Crippen molar-refractivity contribution < 1.29 is 46.1 Å². The lowest BCUT2D eigenvalue weighted by Crippen LogP contribution is -2.46. The number of aromatic nitrogens is 1. The molecule has 1 spiro atoms. The van der Waals surface area contributed by atoms with Crippen LogP contribution in [-0.2, 0) is 22.7 Å². The number of alkyl halides is 6. The summed E-state index contributed by atoms with van der Waals surface area (Å²) in [4.78, 5) is 28.8. The van der Waals surface area contributed by atoms with Gasteiger partial charge in [0.1, 0.15) is 0 Å². The summed E-state index contributed by atoms with van der Waals surface area (Å²) in [6, 6.07) is 8.68. The van der Waals surface area contributed by atoms with E-state index in [0.717, 1.165) is 13.1 Å². The molecule has 2 aliphatic heterocycles. The third-order valence-corrected chi connectivity index (χ3v) is 7.27. The number of piperidine rings is 2. The summed E-state index contributed by atoms with van der Waals surface area (Å²) in [6.07, 6.45) is -0.773. The molecule has 0 unspecified atom stereocenters. The Morgan fingerprint density at radius 1 is 0.842 bits per heavy atom. The molecular formula is C24H29F6N3O4S. The molecule has 0 aromatic carbocycles. The highest BCUT2D eigenvalue weighted by molar-refractivity contribution is 7.09. The van der Waals surface area contributed by atoms with Gasteiger partial charge in [-0.2, -0.15) is 26.3 Å². The van der Waals surface area contributed by atoms with E-state index in [2.05, 4.69) is 38.4 Å². The van der Waals surface area contributed by atoms with Crippen LogP contribution in [0.25, 0.3) is 0 Å². The SMILES string of the molecule is O=C(O)C(F)(F)F.O=C(O)C(F)(F)F.c1cncc(CN2CCC3(CC2)CCN(Cc2cccs2)CC3)c1. The van der Waals surface area contributed by atoms with E-state index in [9.17, 15) is 26.3 Å². The maximum absolute atomic E-state index is 10.6. The molecule has 0 radical (unpaired) electrons. The summed E-state index contributed by atoms with van der Waals surface area (Å²) in [6.45, 7) is 7.27. The van der Waals surface area contributed by atoms with Crippen LogP contribution in [0, 0.1) is 5.41 Å². The average Bonchev–Trinajstić information content (AvgIpc) is 3.36. The molecule has 14 heteroatoms. The molecule has 2 N–H and O–H groups in total. The fraction of sp³-hybridized carbons (Fsp3) is 0.542. The van der Waals surface area contributed by atoms with Crippen molar-refractivity contribution >= 4 is 23.3 Å². The van der Waals surface area contributed by atoms with Gasteiger partial charge in [0.25, 0.3) is 0 Å². The molecule has 0 atom stereocenters. The van der Waals surface area contributed by atoms with E-state index < -0.39 is 24.3 Å². The van der Waals surface area contributed by atoms with Crippen LogP contribution in [-0.4, -0.2) is 75.5 Å². The van der Waals surface area contributed by atoms with Gasteiger partial charge in [0.2, 0.25) is 0 Å². The third kappa shape index (κ3) is 11.0. The van der Waals surface area contributed by atoms with Gasteiger partial charge in [0, 0.05) is 30.4 Å². The van der Waals surface area contributed by atoms with E-state index in [1.165, 1.54) is 62.3 Å². The molecular weight excluding hydrogens is 540 g/mol. The molecule has 0 aliphatic carbocycles. The van der Waals surface area contributed by atoms with Crippen LogP contribution in [0.2, 0.25) is 0 Å². The van der Waals surface area contributed by atoms with Crippen LogP contribution >= 0.6 is 11.3 Å². The lowest BCUT2D eigenvalue weighted by molar-refractivity contribution is -0.193. The number of carboxylic acids is 2. The van der Waals surface area contributed by atoms with Gasteiger partial charge in [0.15, 0.2) is 0 Å². The van der Waals surface area contributed by atoms with Crippen LogP contribution in [0.15, 0.2) is 42.0 Å². The fourth-order valence-corrected chi connectivity index (χ4v) is 4.99. The van der Waals surface area contributed by atoms with Crippen molar-refractivity contribution in [3.8, 4) is 0 Å². The highest BCUT2D eigenvalue weighted by atomic mass is 32.1. The number of carbonyl (C=O) groups is 2. The molecule has 0 amide bonds. The Labute approximate surface area is 219 Å². The zero-order chi connectivity index (χ0) is 28.4. The minimum Gasteiger partial charge on any atom is -0.475 e. The molecule has 4 heterocycles. The van der Waals surface area contributed by atoms with Crippen molar-refractivity contribution in [2.45, 2.75) is 51.1 Å². The van der Waals surface area contributed by atoms with Crippen LogP contribution in [0.1, 0.15) is 36.1 Å². The van der Waals surface area contributed by atoms with Gasteiger partial charge in [-0.25, -0.2) is 9.59 Å². The molecule has 2 aromatic heterocycles. The molecule has 0 bridgehead atoms. The fourth-order valence-electron chi connectivity index (χ4n) is 4.24. The van der Waals surface area contributed by atoms with Crippen molar-refractivity contribution in [3.05, 3.63) is 52.5 Å². The summed E-state index contributed by atoms with van der Waals surface area (Å²) < 4.78 is 63.5. The van der Waals surface area contributed by atoms with Crippen LogP contribution in [0.4, 0.5) is 26.3 Å². The topological polar surface area (TPSA) is 94.0 Å². The number of hydrogen-bond donors (Lipinski definition) is 2. The Kier molecular flexibility index (Phi) is 11.5. The van der Waals surface area contributed by atoms with Gasteiger partial charge >= 0.3 is 24.3 Å². The number of aliphatic carboxylic acids is 2. The molecule has 2 aliphatic rings. The summed E-state index contributed by atoms with van der Waals surface area (Å²) in [7, 11) is 0. The quantitative estimate of drug-likeness (QED) is 0.484. The monoisotopic (exact) mass is 569 g/mol. The van der Waals surface area contributed by atoms with Crippen molar-refractivity contribution in [2.24, 2.45) is 5.41 Å². The molecule has 4 rings (SSSR count). The number of rotatable bonds is 4. The van der Waals surface area contributed by atoms with Crippen LogP contribution < -0.4 is 0 Å². The minimum absolute atomic E-state index is 0.622. The summed E-state index contributed by atoms with van der Waals surface area (Å²) in [5.41, 5.74) is 1.97. The van der Waals surface area contributed by atoms with Crippen molar-refractivity contribution in [3.63, 3.8) is 0 Å². The third-order valence-electron chi connectivity index (χ3n) is 6.41. The van der Waals surface area contributed by atoms with E-state index in [-0.39, 0.29) is 0 Å². The van der Waals surface area contributed by atoms with Crippen molar-refractivity contribution in [1.82, 2.24) is 14.8 Å². The number of carboxylic acid groups (broad SMARTS) is 2. The second-order valence-corrected chi connectivity index (χ2v) is 10.1. The Balaban J connectivity index is 0.000000301. The zero-order valence-corrected chi connectivity index (χ0v) is 21.2. The Morgan fingerprint density at radius 2 is 1.32 bits per heavy atom. The van der Waals surface area contributed by atoms with Crippen molar-refractivity contribution in [1.29, 1.82) is 0 Å². The Bertz CT molecular complexity index is 961. The van der Waals surface area contributed by atoms with E-state index in [1.807, 2.05) is 29.8 Å². The van der Waals surface area contributed by atoms with Gasteiger partial charge in [-0.05, 0) is 80.4 Å². The Hall–Kier alpha value is -2.71. The highest BCUT2D eigenvalue weighted by Crippen LogP contribution is 2.41. The number of likely N-dealkylation sites (tertiary alicyclic amines) is 2. The second kappa shape index (κ2) is 13.9. The predicted octanol–water partition coefficient (Wildman–Crippen LogP) is 5.29. The van der Waals surface area contributed by atoms with Crippen LogP contribution in [0.3, 0.4) is 0 Å². The van der Waals surface area contributed by atoms with E-state index in [4.69, 9.17) is 19.8 Å². The maximum atomic E-state index is 10.6. The Morgan fingerprint density at radius 3 is 1.68 bits per heavy atom. The lowest BCUT2D eigenvalue weighted by Gasteiger charge is -2.47. The zero-order valence-electron chi connectivity index (χ0n) is 20.3. The largest absolute Gasteiger partial charge is 0.490 e. The predicted molar refractivity (Wildman–Crippen MR) is 127 cm³/mol. The van der Waals surface area contributed by atoms with E-state index in [1.54, 1.807) is 0 Å². The molecule has 2 aromatic rings. The molecule has 38 heavy (non-hydrogen) atoms. The summed E-state index contributed by atoms with van der Waals surface area (Å²) in [5.74, 6) is -5.51. The van der Waals surface area contributed by atoms with E-state index >= 15 is 0 Å². The first-order valence-corrected chi connectivity index (χ1v) is 12.5. The number of hydrogen-bond acceptors (Lipinski definition) is 6. The molecule has 2 fully saturated rings. The lowest BCUT2D eigenvalue weighted by atomic mass is 9.71. The highest BCUT2D eigenvalue weighted by Gasteiger charge is 2.39. The van der Waals surface area contributed by atoms with Gasteiger partial charge in [0.05, 0.1) is 0 Å². The first-order chi connectivity index (χ1) is 17.7. The first-order valence-electron chi connectivity index (χ1n) is 11.7. The average molecular weight is 570 g/mol. The van der Waals surface area contributed by atoms with Gasteiger partial charge in [-0.3, -0.25) is 14.8 Å². The second-order valence-electron chi connectivity index (χ2n) is 9.10. The number of thiophene rings is 1. The van der Waals surface area contributed by atoms with Gasteiger partial charge in [-0.15, -0.1) is 11.3 Å². The number of nitrogens with zero attached hydrogens (tertiary/aromatic N) is 3. The summed E-state index contributed by atoms with van der Waals surface area (Å²) >= 11 is 1.89. The normalized spacial score (nSPS) is 18.1. The van der Waals surface area contributed by atoms with Crippen LogP contribution in [0.5, 0.6) is 0 Å². The minimum atomic E-state index is -5.08. The standard InChI is InChI=1S/C20H27N3S.2C2HF3O2/c1-3-18(15-21-9-1)16-22-10-5-20(6-11-22)7-12-23(13-8-20)17-19-4-2-14-24-19;2*3-2(4,5)1(6)7/h1-4,9,14-15H,5-8,10-13,16-17H2;2*(H,6,7). The molecule has 212 valence electrons. The number of halogens is 6. The molecule has 2 saturated heterocycles. The maximum Gasteiger partial charge on any atom is 0.490 e.